The molecule has 1 saturated carbocycles. The Labute approximate surface area is 78.1 Å². The fourth-order valence-corrected chi connectivity index (χ4v) is 1.69. The summed E-state index contributed by atoms with van der Waals surface area (Å²) in [5.41, 5.74) is 0. The van der Waals surface area contributed by atoms with Gasteiger partial charge in [0.1, 0.15) is 0 Å². The van der Waals surface area contributed by atoms with E-state index in [0.29, 0.717) is 24.3 Å². The predicted octanol–water partition coefficient (Wildman–Crippen LogP) is 1.21. The lowest BCUT2D eigenvalue weighted by molar-refractivity contribution is -0.120. The topological polar surface area (TPSA) is 38.3 Å². The van der Waals surface area contributed by atoms with Gasteiger partial charge in [-0.3, -0.25) is 4.79 Å². The normalized spacial score (nSPS) is 30.7. The number of carbonyl (C=O) groups is 1. The quantitative estimate of drug-likeness (QED) is 0.710. The average molecular weight is 181 g/mol. The van der Waals surface area contributed by atoms with Crippen LogP contribution in [0.15, 0.2) is 11.8 Å². The lowest BCUT2D eigenvalue weighted by Crippen LogP contribution is -2.28. The van der Waals surface area contributed by atoms with Crippen LogP contribution in [0.2, 0.25) is 0 Å². The van der Waals surface area contributed by atoms with E-state index in [1.165, 1.54) is 0 Å². The van der Waals surface area contributed by atoms with E-state index in [1.54, 1.807) is 0 Å². The number of carbonyl (C=O) groups excluding carboxylic acids is 1. The van der Waals surface area contributed by atoms with E-state index >= 15 is 0 Å². The Hall–Kier alpha value is -0.990. The van der Waals surface area contributed by atoms with Crippen molar-refractivity contribution in [2.45, 2.75) is 32.2 Å². The second-order valence-electron chi connectivity index (χ2n) is 3.69. The Morgan fingerprint density at radius 3 is 3.15 bits per heavy atom. The average Bonchev–Trinajstić information content (AvgIpc) is 2.68. The molecule has 2 atom stereocenters. The highest BCUT2D eigenvalue weighted by Crippen LogP contribution is 2.33. The van der Waals surface area contributed by atoms with Crippen LogP contribution in [0.5, 0.6) is 0 Å². The molecule has 2 unspecified atom stereocenters. The molecule has 72 valence electrons. The molecule has 2 aliphatic rings. The highest BCUT2D eigenvalue weighted by molar-refractivity contribution is 5.92. The smallest absolute Gasteiger partial charge is 0.286 e. The molecule has 3 heteroatoms. The second kappa shape index (κ2) is 3.40. The standard InChI is InChI=1S/C10H15NO2/c1-2-7-6-8(7)11-10(12)9-4-3-5-13-9/h4,7-8H,2-3,5-6H2,1H3,(H,11,12). The van der Waals surface area contributed by atoms with Gasteiger partial charge in [-0.15, -0.1) is 0 Å². The van der Waals surface area contributed by atoms with Crippen LogP contribution in [0.1, 0.15) is 26.2 Å². The summed E-state index contributed by atoms with van der Waals surface area (Å²) >= 11 is 0. The van der Waals surface area contributed by atoms with Gasteiger partial charge in [-0.2, -0.15) is 0 Å². The Morgan fingerprint density at radius 2 is 2.62 bits per heavy atom. The van der Waals surface area contributed by atoms with Crippen molar-refractivity contribution in [2.24, 2.45) is 5.92 Å². The summed E-state index contributed by atoms with van der Waals surface area (Å²) in [7, 11) is 0. The summed E-state index contributed by atoms with van der Waals surface area (Å²) in [5.74, 6) is 1.19. The zero-order valence-corrected chi connectivity index (χ0v) is 7.88. The van der Waals surface area contributed by atoms with E-state index in [2.05, 4.69) is 12.2 Å². The van der Waals surface area contributed by atoms with Gasteiger partial charge in [0.15, 0.2) is 5.76 Å². The molecule has 0 spiro atoms. The molecule has 3 nitrogen and oxygen atoms in total. The minimum Gasteiger partial charge on any atom is -0.488 e. The molecule has 1 aliphatic heterocycles. The first-order chi connectivity index (χ1) is 6.31. The van der Waals surface area contributed by atoms with E-state index in [1.807, 2.05) is 6.08 Å². The molecule has 0 radical (unpaired) electrons. The van der Waals surface area contributed by atoms with E-state index in [9.17, 15) is 4.79 Å². The summed E-state index contributed by atoms with van der Waals surface area (Å²) in [6.07, 6.45) is 5.02. The Kier molecular flexibility index (Phi) is 2.25. The molecule has 0 aromatic carbocycles. The van der Waals surface area contributed by atoms with Gasteiger partial charge in [0.25, 0.3) is 5.91 Å². The Morgan fingerprint density at radius 1 is 1.77 bits per heavy atom. The molecule has 1 fully saturated rings. The number of rotatable bonds is 3. The maximum Gasteiger partial charge on any atom is 0.286 e. The predicted molar refractivity (Wildman–Crippen MR) is 49.0 cm³/mol. The van der Waals surface area contributed by atoms with Gasteiger partial charge >= 0.3 is 0 Å². The van der Waals surface area contributed by atoms with Crippen LogP contribution in [0, 0.1) is 5.92 Å². The third kappa shape index (κ3) is 1.85. The van der Waals surface area contributed by atoms with Gasteiger partial charge in [0.2, 0.25) is 0 Å². The van der Waals surface area contributed by atoms with Crippen molar-refractivity contribution in [1.29, 1.82) is 0 Å². The summed E-state index contributed by atoms with van der Waals surface area (Å²) in [6, 6.07) is 0.405. The second-order valence-corrected chi connectivity index (χ2v) is 3.69. The zero-order valence-electron chi connectivity index (χ0n) is 7.88. The van der Waals surface area contributed by atoms with Crippen molar-refractivity contribution in [3.8, 4) is 0 Å². The molecule has 2 rings (SSSR count). The molecule has 0 saturated heterocycles. The Balaban J connectivity index is 1.79. The molecule has 0 aromatic heterocycles. The maximum absolute atomic E-state index is 11.5. The van der Waals surface area contributed by atoms with Crippen LogP contribution >= 0.6 is 0 Å². The van der Waals surface area contributed by atoms with Gasteiger partial charge in [0, 0.05) is 12.5 Å². The van der Waals surface area contributed by atoms with Crippen molar-refractivity contribution in [2.75, 3.05) is 6.61 Å². The first-order valence-electron chi connectivity index (χ1n) is 4.95. The summed E-state index contributed by atoms with van der Waals surface area (Å²) < 4.78 is 5.16. The SMILES string of the molecule is CCC1CC1NC(=O)C1=CCCO1. The molecular weight excluding hydrogens is 166 g/mol. The largest absolute Gasteiger partial charge is 0.488 e. The minimum absolute atomic E-state index is 0.0292. The van der Waals surface area contributed by atoms with Gasteiger partial charge in [-0.05, 0) is 18.4 Å². The fraction of sp³-hybridized carbons (Fsp3) is 0.700. The first-order valence-corrected chi connectivity index (χ1v) is 4.95. The van der Waals surface area contributed by atoms with Crippen LogP contribution < -0.4 is 5.32 Å². The van der Waals surface area contributed by atoms with Crippen molar-refractivity contribution in [1.82, 2.24) is 5.32 Å². The van der Waals surface area contributed by atoms with Crippen molar-refractivity contribution >= 4 is 5.91 Å². The molecule has 0 bridgehead atoms. The number of ether oxygens (including phenoxy) is 1. The van der Waals surface area contributed by atoms with Crippen LogP contribution in [-0.2, 0) is 9.53 Å². The summed E-state index contributed by atoms with van der Waals surface area (Å²) in [5, 5.41) is 2.96. The lowest BCUT2D eigenvalue weighted by atomic mass is 10.3. The van der Waals surface area contributed by atoms with Crippen LogP contribution in [0.25, 0.3) is 0 Å². The van der Waals surface area contributed by atoms with E-state index in [-0.39, 0.29) is 5.91 Å². The maximum atomic E-state index is 11.5. The van der Waals surface area contributed by atoms with E-state index in [4.69, 9.17) is 4.74 Å². The number of hydrogen-bond donors (Lipinski definition) is 1. The molecule has 0 aromatic rings. The third-order valence-electron chi connectivity index (χ3n) is 2.69. The molecule has 1 heterocycles. The van der Waals surface area contributed by atoms with Crippen LogP contribution in [-0.4, -0.2) is 18.6 Å². The zero-order chi connectivity index (χ0) is 9.26. The van der Waals surface area contributed by atoms with E-state index in [0.717, 1.165) is 19.3 Å². The lowest BCUT2D eigenvalue weighted by Gasteiger charge is -2.04. The molecule has 1 amide bonds. The molecule has 13 heavy (non-hydrogen) atoms. The van der Waals surface area contributed by atoms with Gasteiger partial charge < -0.3 is 10.1 Å². The summed E-state index contributed by atoms with van der Waals surface area (Å²) in [4.78, 5) is 11.5. The first kappa shape index (κ1) is 8.60. The highest BCUT2D eigenvalue weighted by atomic mass is 16.5. The molecule has 1 aliphatic carbocycles. The van der Waals surface area contributed by atoms with Crippen molar-refractivity contribution < 1.29 is 9.53 Å². The summed E-state index contributed by atoms with van der Waals surface area (Å²) in [6.45, 7) is 2.81. The van der Waals surface area contributed by atoms with Crippen LogP contribution in [0.4, 0.5) is 0 Å². The molecule has 1 N–H and O–H groups in total. The minimum atomic E-state index is -0.0292. The van der Waals surface area contributed by atoms with Crippen molar-refractivity contribution in [3.05, 3.63) is 11.8 Å². The third-order valence-corrected chi connectivity index (χ3v) is 2.69. The number of hydrogen-bond acceptors (Lipinski definition) is 2. The van der Waals surface area contributed by atoms with Crippen LogP contribution in [0.3, 0.4) is 0 Å². The molecular formula is C10H15NO2. The Bertz CT molecular complexity index is 247. The highest BCUT2D eigenvalue weighted by Gasteiger charge is 2.37. The van der Waals surface area contributed by atoms with Gasteiger partial charge in [0.05, 0.1) is 6.61 Å². The van der Waals surface area contributed by atoms with Gasteiger partial charge in [-0.1, -0.05) is 13.3 Å². The monoisotopic (exact) mass is 181 g/mol. The number of amides is 1. The van der Waals surface area contributed by atoms with Crippen molar-refractivity contribution in [3.63, 3.8) is 0 Å². The fourth-order valence-electron chi connectivity index (χ4n) is 1.69. The number of nitrogens with one attached hydrogen (secondary N) is 1. The van der Waals surface area contributed by atoms with E-state index < -0.39 is 0 Å². The van der Waals surface area contributed by atoms with Gasteiger partial charge in [-0.25, -0.2) is 0 Å².